The van der Waals surface area contributed by atoms with Gasteiger partial charge in [-0.1, -0.05) is 0 Å². The Bertz CT molecular complexity index is 504. The van der Waals surface area contributed by atoms with Gasteiger partial charge in [-0.3, -0.25) is 0 Å². The van der Waals surface area contributed by atoms with E-state index in [0.717, 1.165) is 16.9 Å². The number of rotatable bonds is 0. The molecule has 2 N–H and O–H groups in total. The fraction of sp³-hybridized carbons (Fsp3) is 0.111. The quantitative estimate of drug-likeness (QED) is 0.601. The SMILES string of the molecule is Cc1nc2cc(C#N)ccc2n1N. The van der Waals surface area contributed by atoms with E-state index in [4.69, 9.17) is 11.1 Å². The van der Waals surface area contributed by atoms with Gasteiger partial charge in [-0.25, -0.2) is 9.66 Å². The Kier molecular flexibility index (Phi) is 1.46. The number of nitrogens with two attached hydrogens (primary N) is 1. The summed E-state index contributed by atoms with van der Waals surface area (Å²) < 4.78 is 1.51. The summed E-state index contributed by atoms with van der Waals surface area (Å²) in [7, 11) is 0. The van der Waals surface area contributed by atoms with Gasteiger partial charge in [0.1, 0.15) is 5.82 Å². The van der Waals surface area contributed by atoms with Gasteiger partial charge in [-0.2, -0.15) is 5.26 Å². The predicted molar refractivity (Wildman–Crippen MR) is 49.3 cm³/mol. The number of hydrogen-bond donors (Lipinski definition) is 1. The van der Waals surface area contributed by atoms with Crippen molar-refractivity contribution in [2.75, 3.05) is 5.84 Å². The van der Waals surface area contributed by atoms with Gasteiger partial charge in [0.15, 0.2) is 0 Å². The van der Waals surface area contributed by atoms with Gasteiger partial charge >= 0.3 is 0 Å². The van der Waals surface area contributed by atoms with Crippen LogP contribution in [0.3, 0.4) is 0 Å². The largest absolute Gasteiger partial charge is 0.337 e. The number of imidazole rings is 1. The highest BCUT2D eigenvalue weighted by Crippen LogP contribution is 2.14. The second-order valence-corrected chi connectivity index (χ2v) is 2.84. The molecule has 0 amide bonds. The Labute approximate surface area is 75.2 Å². The summed E-state index contributed by atoms with van der Waals surface area (Å²) in [6.07, 6.45) is 0. The molecule has 0 radical (unpaired) electrons. The van der Waals surface area contributed by atoms with Gasteiger partial charge in [0.05, 0.1) is 22.7 Å². The topological polar surface area (TPSA) is 67.6 Å². The summed E-state index contributed by atoms with van der Waals surface area (Å²) in [6, 6.07) is 7.31. The van der Waals surface area contributed by atoms with E-state index in [0.29, 0.717) is 5.56 Å². The van der Waals surface area contributed by atoms with Gasteiger partial charge < -0.3 is 5.84 Å². The molecule has 0 saturated heterocycles. The van der Waals surface area contributed by atoms with Gasteiger partial charge in [0.25, 0.3) is 0 Å². The molecule has 13 heavy (non-hydrogen) atoms. The number of nitrogens with zero attached hydrogens (tertiary/aromatic N) is 3. The third kappa shape index (κ3) is 1.02. The summed E-state index contributed by atoms with van der Waals surface area (Å²) in [5.41, 5.74) is 2.21. The molecule has 1 heterocycles. The van der Waals surface area contributed by atoms with Crippen LogP contribution in [0.15, 0.2) is 18.2 Å². The predicted octanol–water partition coefficient (Wildman–Crippen LogP) is 0.930. The molecular formula is C9H8N4. The highest BCUT2D eigenvalue weighted by Gasteiger charge is 2.04. The number of benzene rings is 1. The fourth-order valence-electron chi connectivity index (χ4n) is 1.29. The first kappa shape index (κ1) is 7.62. The number of aromatic nitrogens is 2. The standard InChI is InChI=1S/C9H8N4/c1-6-12-8-4-7(5-10)2-3-9(8)13(6)11/h2-4H,11H2,1H3. The maximum Gasteiger partial charge on any atom is 0.125 e. The smallest absolute Gasteiger partial charge is 0.125 e. The van der Waals surface area contributed by atoms with Crippen molar-refractivity contribution in [3.05, 3.63) is 29.6 Å². The first-order valence-corrected chi connectivity index (χ1v) is 3.86. The van der Waals surface area contributed by atoms with E-state index >= 15 is 0 Å². The summed E-state index contributed by atoms with van der Waals surface area (Å²) in [6.45, 7) is 1.83. The third-order valence-corrected chi connectivity index (χ3v) is 1.99. The average Bonchev–Trinajstić information content (AvgIpc) is 2.42. The molecule has 1 aromatic heterocycles. The van der Waals surface area contributed by atoms with Crippen LogP contribution in [-0.2, 0) is 0 Å². The van der Waals surface area contributed by atoms with E-state index in [1.165, 1.54) is 4.68 Å². The lowest BCUT2D eigenvalue weighted by atomic mass is 10.2. The lowest BCUT2D eigenvalue weighted by Crippen LogP contribution is -2.09. The maximum atomic E-state index is 8.66. The molecule has 4 nitrogen and oxygen atoms in total. The molecule has 0 unspecified atom stereocenters. The van der Waals surface area contributed by atoms with Gasteiger partial charge in [0, 0.05) is 0 Å². The van der Waals surface area contributed by atoms with Crippen molar-refractivity contribution >= 4 is 11.0 Å². The van der Waals surface area contributed by atoms with Crippen molar-refractivity contribution in [2.45, 2.75) is 6.92 Å². The Morgan fingerprint density at radius 2 is 2.31 bits per heavy atom. The summed E-state index contributed by atoms with van der Waals surface area (Å²) in [5, 5.41) is 8.66. The molecule has 64 valence electrons. The number of hydrogen-bond acceptors (Lipinski definition) is 3. The van der Waals surface area contributed by atoms with Crippen LogP contribution >= 0.6 is 0 Å². The molecule has 0 spiro atoms. The van der Waals surface area contributed by atoms with E-state index in [1.807, 2.05) is 6.92 Å². The molecule has 0 atom stereocenters. The molecule has 1 aromatic carbocycles. The Morgan fingerprint density at radius 3 is 3.00 bits per heavy atom. The lowest BCUT2D eigenvalue weighted by Gasteiger charge is -1.95. The average molecular weight is 172 g/mol. The van der Waals surface area contributed by atoms with Crippen molar-refractivity contribution < 1.29 is 0 Å². The minimum atomic E-state index is 0.602. The van der Waals surface area contributed by atoms with Crippen molar-refractivity contribution in [1.29, 1.82) is 5.26 Å². The number of aryl methyl sites for hydroxylation is 1. The Balaban J connectivity index is 2.82. The van der Waals surface area contributed by atoms with Crippen LogP contribution in [0.5, 0.6) is 0 Å². The second-order valence-electron chi connectivity index (χ2n) is 2.84. The van der Waals surface area contributed by atoms with E-state index in [2.05, 4.69) is 11.1 Å². The zero-order chi connectivity index (χ0) is 9.42. The normalized spacial score (nSPS) is 10.2. The van der Waals surface area contributed by atoms with Crippen LogP contribution < -0.4 is 5.84 Å². The summed E-state index contributed by atoms with van der Waals surface area (Å²) in [5.74, 6) is 6.44. The fourth-order valence-corrected chi connectivity index (χ4v) is 1.29. The summed E-state index contributed by atoms with van der Waals surface area (Å²) in [4.78, 5) is 4.21. The van der Waals surface area contributed by atoms with Gasteiger partial charge in [-0.15, -0.1) is 0 Å². The first-order valence-electron chi connectivity index (χ1n) is 3.86. The monoisotopic (exact) mass is 172 g/mol. The van der Waals surface area contributed by atoms with E-state index in [1.54, 1.807) is 18.2 Å². The third-order valence-electron chi connectivity index (χ3n) is 1.99. The molecular weight excluding hydrogens is 164 g/mol. The zero-order valence-corrected chi connectivity index (χ0v) is 7.15. The number of nitrogen functional groups attached to an aromatic ring is 1. The molecule has 0 bridgehead atoms. The van der Waals surface area contributed by atoms with Crippen molar-refractivity contribution in [1.82, 2.24) is 9.66 Å². The van der Waals surface area contributed by atoms with Crippen LogP contribution in [-0.4, -0.2) is 9.66 Å². The Morgan fingerprint density at radius 1 is 1.54 bits per heavy atom. The van der Waals surface area contributed by atoms with E-state index in [-0.39, 0.29) is 0 Å². The molecule has 0 aliphatic carbocycles. The van der Waals surface area contributed by atoms with Crippen molar-refractivity contribution in [3.8, 4) is 6.07 Å². The number of nitriles is 1. The molecule has 4 heteroatoms. The molecule has 0 saturated carbocycles. The van der Waals surface area contributed by atoms with Gasteiger partial charge in [-0.05, 0) is 25.1 Å². The van der Waals surface area contributed by atoms with Crippen molar-refractivity contribution in [2.24, 2.45) is 0 Å². The molecule has 0 aliphatic rings. The van der Waals surface area contributed by atoms with Gasteiger partial charge in [0.2, 0.25) is 0 Å². The maximum absolute atomic E-state index is 8.66. The second kappa shape index (κ2) is 2.49. The van der Waals surface area contributed by atoms with Crippen LogP contribution in [0, 0.1) is 18.3 Å². The Hall–Kier alpha value is -2.02. The van der Waals surface area contributed by atoms with Crippen LogP contribution in [0.1, 0.15) is 11.4 Å². The van der Waals surface area contributed by atoms with Crippen LogP contribution in [0.2, 0.25) is 0 Å². The van der Waals surface area contributed by atoms with E-state index < -0.39 is 0 Å². The van der Waals surface area contributed by atoms with Crippen LogP contribution in [0.25, 0.3) is 11.0 Å². The minimum absolute atomic E-state index is 0.602. The lowest BCUT2D eigenvalue weighted by molar-refractivity contribution is 0.956. The molecule has 0 aliphatic heterocycles. The van der Waals surface area contributed by atoms with Crippen LogP contribution in [0.4, 0.5) is 0 Å². The highest BCUT2D eigenvalue weighted by atomic mass is 15.3. The van der Waals surface area contributed by atoms with Crippen molar-refractivity contribution in [3.63, 3.8) is 0 Å². The highest BCUT2D eigenvalue weighted by molar-refractivity contribution is 5.77. The number of fused-ring (bicyclic) bond motifs is 1. The molecule has 0 fully saturated rings. The molecule has 2 aromatic rings. The minimum Gasteiger partial charge on any atom is -0.337 e. The zero-order valence-electron chi connectivity index (χ0n) is 7.15. The summed E-state index contributed by atoms with van der Waals surface area (Å²) >= 11 is 0. The molecule has 2 rings (SSSR count). The van der Waals surface area contributed by atoms with E-state index in [9.17, 15) is 0 Å². The first-order chi connectivity index (χ1) is 6.22.